The summed E-state index contributed by atoms with van der Waals surface area (Å²) in [4.78, 5) is 11.5. The summed E-state index contributed by atoms with van der Waals surface area (Å²) in [5.74, 6) is -0.571. The molecule has 1 rings (SSSR count). The molecule has 0 bridgehead atoms. The fraction of sp³-hybridized carbons (Fsp3) is 0.955. The highest BCUT2D eigenvalue weighted by molar-refractivity contribution is 6.74. The molecule has 1 saturated heterocycles. The second-order valence-electron chi connectivity index (χ2n) is 9.81. The molecule has 0 unspecified atom stereocenters. The van der Waals surface area contributed by atoms with E-state index >= 15 is 0 Å². The van der Waals surface area contributed by atoms with Crippen LogP contribution < -0.4 is 0 Å². The van der Waals surface area contributed by atoms with Crippen molar-refractivity contribution in [1.82, 2.24) is 0 Å². The van der Waals surface area contributed by atoms with Gasteiger partial charge in [-0.05, 0) is 24.6 Å². The lowest BCUT2D eigenvalue weighted by Gasteiger charge is -2.43. The Balaban J connectivity index is 2.70. The zero-order valence-electron chi connectivity index (χ0n) is 20.0. The summed E-state index contributed by atoms with van der Waals surface area (Å²) in [5, 5.41) is 21.3. The van der Waals surface area contributed by atoms with Crippen LogP contribution in [-0.4, -0.2) is 68.4 Å². The van der Waals surface area contributed by atoms with Gasteiger partial charge in [0.1, 0.15) is 18.3 Å². The molecule has 1 aliphatic rings. The maximum atomic E-state index is 11.5. The van der Waals surface area contributed by atoms with E-state index in [0.717, 1.165) is 19.3 Å². The minimum atomic E-state index is -2.06. The zero-order valence-corrected chi connectivity index (χ0v) is 21.0. The maximum absolute atomic E-state index is 11.5. The van der Waals surface area contributed by atoms with E-state index in [9.17, 15) is 15.0 Å². The molecule has 7 nitrogen and oxygen atoms in total. The van der Waals surface area contributed by atoms with E-state index in [0.29, 0.717) is 6.61 Å². The van der Waals surface area contributed by atoms with Crippen LogP contribution in [0.25, 0.3) is 0 Å². The molecular formula is C22H44O7Si. The van der Waals surface area contributed by atoms with E-state index in [1.165, 1.54) is 26.2 Å². The molecule has 8 heteroatoms. The van der Waals surface area contributed by atoms with Gasteiger partial charge in [0.25, 0.3) is 0 Å². The van der Waals surface area contributed by atoms with Gasteiger partial charge in [0.2, 0.25) is 0 Å². The van der Waals surface area contributed by atoms with Crippen molar-refractivity contribution in [1.29, 1.82) is 0 Å². The average Bonchev–Trinajstić information content (AvgIpc) is 2.64. The Morgan fingerprint density at radius 3 is 2.20 bits per heavy atom. The minimum Gasteiger partial charge on any atom is -0.457 e. The first-order valence-corrected chi connectivity index (χ1v) is 14.3. The standard InChI is InChI=1S/C22H44O7Si/c1-8-9-10-11-12-13-14-26-21-19(25)20(28-16(2)23)18(24)17(29-21)15-27-30(6,7)22(3,4)5/h17-21,24-25H,8-15H2,1-7H3/t17-,18-,19-,20+,21-/m1/s1. The number of rotatable bonds is 12. The van der Waals surface area contributed by atoms with Crippen molar-refractivity contribution in [2.75, 3.05) is 13.2 Å². The lowest BCUT2D eigenvalue weighted by atomic mass is 9.99. The maximum Gasteiger partial charge on any atom is 0.303 e. The summed E-state index contributed by atoms with van der Waals surface area (Å²) < 4.78 is 23.0. The Morgan fingerprint density at radius 2 is 1.63 bits per heavy atom. The lowest BCUT2D eigenvalue weighted by molar-refractivity contribution is -0.302. The molecule has 0 aromatic rings. The number of hydrogen-bond donors (Lipinski definition) is 2. The number of ether oxygens (including phenoxy) is 3. The second kappa shape index (κ2) is 12.5. The Morgan fingerprint density at radius 1 is 1.03 bits per heavy atom. The third-order valence-corrected chi connectivity index (χ3v) is 10.6. The summed E-state index contributed by atoms with van der Waals surface area (Å²) in [5.41, 5.74) is 0. The van der Waals surface area contributed by atoms with Gasteiger partial charge < -0.3 is 28.8 Å². The van der Waals surface area contributed by atoms with E-state index < -0.39 is 45.0 Å². The fourth-order valence-electron chi connectivity index (χ4n) is 3.10. The van der Waals surface area contributed by atoms with Crippen molar-refractivity contribution in [2.24, 2.45) is 0 Å². The number of hydrogen-bond acceptors (Lipinski definition) is 7. The summed E-state index contributed by atoms with van der Waals surface area (Å²) >= 11 is 0. The number of unbranched alkanes of at least 4 members (excludes halogenated alkanes) is 5. The van der Waals surface area contributed by atoms with Gasteiger partial charge in [0.15, 0.2) is 20.7 Å². The highest BCUT2D eigenvalue weighted by atomic mass is 28.4. The molecule has 30 heavy (non-hydrogen) atoms. The lowest BCUT2D eigenvalue weighted by Crippen LogP contribution is -2.61. The molecule has 1 fully saturated rings. The molecule has 0 amide bonds. The van der Waals surface area contributed by atoms with E-state index in [4.69, 9.17) is 18.6 Å². The molecule has 0 saturated carbocycles. The summed E-state index contributed by atoms with van der Waals surface area (Å²) in [6, 6.07) is 0. The van der Waals surface area contributed by atoms with Crippen LogP contribution in [0.15, 0.2) is 0 Å². The minimum absolute atomic E-state index is 0.00902. The molecular weight excluding hydrogens is 404 g/mol. The third-order valence-electron chi connectivity index (χ3n) is 6.14. The van der Waals surface area contributed by atoms with E-state index in [1.807, 2.05) is 0 Å². The van der Waals surface area contributed by atoms with Crippen LogP contribution in [0.5, 0.6) is 0 Å². The van der Waals surface area contributed by atoms with Crippen molar-refractivity contribution in [3.05, 3.63) is 0 Å². The highest BCUT2D eigenvalue weighted by Gasteiger charge is 2.48. The van der Waals surface area contributed by atoms with Crippen molar-refractivity contribution in [3.8, 4) is 0 Å². The van der Waals surface area contributed by atoms with E-state index in [2.05, 4.69) is 40.8 Å². The topological polar surface area (TPSA) is 94.5 Å². The van der Waals surface area contributed by atoms with Crippen molar-refractivity contribution >= 4 is 14.3 Å². The van der Waals surface area contributed by atoms with Gasteiger partial charge in [-0.15, -0.1) is 0 Å². The Bertz CT molecular complexity index is 506. The monoisotopic (exact) mass is 448 g/mol. The van der Waals surface area contributed by atoms with Gasteiger partial charge in [0.05, 0.1) is 6.61 Å². The number of carbonyl (C=O) groups excluding carboxylic acids is 1. The van der Waals surface area contributed by atoms with Gasteiger partial charge in [0, 0.05) is 13.5 Å². The predicted octanol–water partition coefficient (Wildman–Crippen LogP) is 3.76. The summed E-state index contributed by atoms with van der Waals surface area (Å²) in [7, 11) is -2.06. The first-order chi connectivity index (χ1) is 13.9. The largest absolute Gasteiger partial charge is 0.457 e. The third kappa shape index (κ3) is 8.55. The quantitative estimate of drug-likeness (QED) is 0.267. The van der Waals surface area contributed by atoms with E-state index in [-0.39, 0.29) is 11.6 Å². The van der Waals surface area contributed by atoms with Crippen LogP contribution in [0.3, 0.4) is 0 Å². The smallest absolute Gasteiger partial charge is 0.303 e. The van der Waals surface area contributed by atoms with Crippen LogP contribution >= 0.6 is 0 Å². The molecule has 2 N–H and O–H groups in total. The number of aliphatic hydroxyl groups excluding tert-OH is 2. The first-order valence-electron chi connectivity index (χ1n) is 11.3. The first kappa shape index (κ1) is 27.5. The van der Waals surface area contributed by atoms with Gasteiger partial charge in [-0.2, -0.15) is 0 Å². The Labute approximate surface area is 183 Å². The highest BCUT2D eigenvalue weighted by Crippen LogP contribution is 2.37. The van der Waals surface area contributed by atoms with Crippen LogP contribution in [0, 0.1) is 0 Å². The van der Waals surface area contributed by atoms with Crippen LogP contribution in [0.1, 0.15) is 73.1 Å². The zero-order chi connectivity index (χ0) is 22.9. The Hall–Kier alpha value is -0.513. The second-order valence-corrected chi connectivity index (χ2v) is 14.6. The predicted molar refractivity (Wildman–Crippen MR) is 119 cm³/mol. The van der Waals surface area contributed by atoms with Gasteiger partial charge in [-0.3, -0.25) is 4.79 Å². The molecule has 178 valence electrons. The molecule has 0 radical (unpaired) electrons. The average molecular weight is 449 g/mol. The SMILES string of the molecule is CCCCCCCCO[C@@H]1O[C@H](CO[Si](C)(C)C(C)(C)C)[C@@H](O)[C@H](OC(C)=O)[C@H]1O. The molecule has 0 aliphatic carbocycles. The Kier molecular flexibility index (Phi) is 11.5. The number of carbonyl (C=O) groups is 1. The molecule has 5 atom stereocenters. The van der Waals surface area contributed by atoms with Crippen molar-refractivity contribution < 1.29 is 33.6 Å². The van der Waals surface area contributed by atoms with Crippen LogP contribution in [-0.2, 0) is 23.4 Å². The van der Waals surface area contributed by atoms with Crippen LogP contribution in [0.2, 0.25) is 18.1 Å². The van der Waals surface area contributed by atoms with Crippen molar-refractivity contribution in [2.45, 2.75) is 122 Å². The number of aliphatic hydroxyl groups is 2. The molecule has 1 aliphatic heterocycles. The van der Waals surface area contributed by atoms with Crippen molar-refractivity contribution in [3.63, 3.8) is 0 Å². The summed E-state index contributed by atoms with van der Waals surface area (Å²) in [6.07, 6.45) is 1.45. The van der Waals surface area contributed by atoms with Gasteiger partial charge in [-0.25, -0.2) is 0 Å². The van der Waals surface area contributed by atoms with Crippen LogP contribution in [0.4, 0.5) is 0 Å². The van der Waals surface area contributed by atoms with Gasteiger partial charge >= 0.3 is 5.97 Å². The van der Waals surface area contributed by atoms with Gasteiger partial charge in [-0.1, -0.05) is 59.8 Å². The summed E-state index contributed by atoms with van der Waals surface area (Å²) in [6.45, 7) is 14.7. The molecule has 0 aromatic heterocycles. The molecule has 1 heterocycles. The molecule has 0 spiro atoms. The normalized spacial score (nSPS) is 27.8. The van der Waals surface area contributed by atoms with E-state index in [1.54, 1.807) is 0 Å². The fourth-order valence-corrected chi connectivity index (χ4v) is 4.11. The molecule has 0 aromatic carbocycles. The number of esters is 1.